The average molecular weight is 325 g/mol. The molecular formula is C14H23N5O4. The molecule has 0 unspecified atom stereocenters. The van der Waals surface area contributed by atoms with E-state index in [4.69, 9.17) is 5.73 Å². The van der Waals surface area contributed by atoms with Crippen LogP contribution in [0.5, 0.6) is 0 Å². The number of hydrogen-bond acceptors (Lipinski definition) is 5. The van der Waals surface area contributed by atoms with Gasteiger partial charge in [0, 0.05) is 25.7 Å². The van der Waals surface area contributed by atoms with Gasteiger partial charge in [0.1, 0.15) is 19.1 Å². The third-order valence-electron chi connectivity index (χ3n) is 4.21. The van der Waals surface area contributed by atoms with E-state index in [9.17, 15) is 19.2 Å². The number of amides is 5. The van der Waals surface area contributed by atoms with Crippen LogP contribution >= 0.6 is 0 Å². The first-order valence-electron chi connectivity index (χ1n) is 7.79. The molecule has 0 saturated carbocycles. The predicted octanol–water partition coefficient (Wildman–Crippen LogP) is -1.67. The number of carbonyl (C=O) groups is 4. The summed E-state index contributed by atoms with van der Waals surface area (Å²) in [5.74, 6) is -0.928. The van der Waals surface area contributed by atoms with Crippen LogP contribution in [0.15, 0.2) is 0 Å². The minimum Gasteiger partial charge on any atom is -0.341 e. The van der Waals surface area contributed by atoms with E-state index in [0.29, 0.717) is 19.5 Å². The molecule has 0 aromatic rings. The van der Waals surface area contributed by atoms with Crippen molar-refractivity contribution < 1.29 is 19.2 Å². The molecule has 2 aliphatic rings. The highest BCUT2D eigenvalue weighted by molar-refractivity contribution is 6.03. The molecule has 0 aliphatic carbocycles. The van der Waals surface area contributed by atoms with Gasteiger partial charge in [0.2, 0.25) is 17.7 Å². The van der Waals surface area contributed by atoms with Gasteiger partial charge in [0.15, 0.2) is 0 Å². The predicted molar refractivity (Wildman–Crippen MR) is 81.1 cm³/mol. The van der Waals surface area contributed by atoms with Crippen molar-refractivity contribution in [2.24, 2.45) is 5.73 Å². The van der Waals surface area contributed by atoms with Crippen molar-refractivity contribution in [1.82, 2.24) is 20.0 Å². The molecule has 23 heavy (non-hydrogen) atoms. The lowest BCUT2D eigenvalue weighted by molar-refractivity contribution is -0.143. The molecule has 0 aromatic carbocycles. The Labute approximate surface area is 134 Å². The number of hydrogen-bond donors (Lipinski definition) is 2. The highest BCUT2D eigenvalue weighted by Gasteiger charge is 2.41. The number of likely N-dealkylation sites (N-methyl/N-ethyl adjacent to an activating group) is 1. The normalized spacial score (nSPS) is 24.1. The molecule has 128 valence electrons. The summed E-state index contributed by atoms with van der Waals surface area (Å²) in [4.78, 5) is 52.0. The molecule has 0 radical (unpaired) electrons. The van der Waals surface area contributed by atoms with Crippen molar-refractivity contribution in [2.45, 2.75) is 32.4 Å². The van der Waals surface area contributed by atoms with Crippen LogP contribution in [0.3, 0.4) is 0 Å². The third-order valence-corrected chi connectivity index (χ3v) is 4.21. The summed E-state index contributed by atoms with van der Waals surface area (Å²) < 4.78 is 0. The average Bonchev–Trinajstić information content (AvgIpc) is 3.03. The molecule has 2 atom stereocenters. The Morgan fingerprint density at radius 3 is 2.48 bits per heavy atom. The van der Waals surface area contributed by atoms with E-state index in [1.165, 1.54) is 4.90 Å². The Morgan fingerprint density at radius 2 is 1.96 bits per heavy atom. The standard InChI is InChI=1S/C14H23N5O4/c1-3-17(4-2)13(22)10-5-9(15)6-19(10)12(21)8-18-7-11(20)16-14(18)23/h9-10H,3-8,15H2,1-2H3,(H,16,20,23)/t9-,10+/m1/s1. The van der Waals surface area contributed by atoms with Crippen LogP contribution in [0.2, 0.25) is 0 Å². The zero-order chi connectivity index (χ0) is 17.1. The molecule has 3 N–H and O–H groups in total. The quantitative estimate of drug-likeness (QED) is 0.587. The lowest BCUT2D eigenvalue weighted by atomic mass is 10.1. The number of likely N-dealkylation sites (tertiary alicyclic amines) is 1. The van der Waals surface area contributed by atoms with Crippen molar-refractivity contribution in [2.75, 3.05) is 32.7 Å². The Bertz CT molecular complexity index is 519. The van der Waals surface area contributed by atoms with Gasteiger partial charge in [-0.1, -0.05) is 0 Å². The van der Waals surface area contributed by atoms with E-state index in [-0.39, 0.29) is 37.5 Å². The van der Waals surface area contributed by atoms with Crippen LogP contribution in [-0.2, 0) is 14.4 Å². The van der Waals surface area contributed by atoms with Crippen molar-refractivity contribution in [3.05, 3.63) is 0 Å². The van der Waals surface area contributed by atoms with Crippen LogP contribution in [0, 0.1) is 0 Å². The molecule has 0 spiro atoms. The molecular weight excluding hydrogens is 302 g/mol. The monoisotopic (exact) mass is 325 g/mol. The van der Waals surface area contributed by atoms with Crippen LogP contribution < -0.4 is 11.1 Å². The maximum Gasteiger partial charge on any atom is 0.325 e. The van der Waals surface area contributed by atoms with E-state index in [2.05, 4.69) is 5.32 Å². The third kappa shape index (κ3) is 3.61. The van der Waals surface area contributed by atoms with Gasteiger partial charge in [0.25, 0.3) is 0 Å². The minimum atomic E-state index is -0.598. The molecule has 2 saturated heterocycles. The molecule has 2 aliphatic heterocycles. The second kappa shape index (κ2) is 6.95. The van der Waals surface area contributed by atoms with Gasteiger partial charge in [-0.3, -0.25) is 19.7 Å². The molecule has 2 fully saturated rings. The van der Waals surface area contributed by atoms with Gasteiger partial charge >= 0.3 is 6.03 Å². The molecule has 9 heteroatoms. The zero-order valence-electron chi connectivity index (χ0n) is 13.4. The smallest absolute Gasteiger partial charge is 0.325 e. The molecule has 0 aromatic heterocycles. The topological polar surface area (TPSA) is 116 Å². The fraction of sp³-hybridized carbons (Fsp3) is 0.714. The number of nitrogens with two attached hydrogens (primary N) is 1. The van der Waals surface area contributed by atoms with E-state index >= 15 is 0 Å². The first-order valence-corrected chi connectivity index (χ1v) is 7.79. The van der Waals surface area contributed by atoms with Gasteiger partial charge in [-0.05, 0) is 20.3 Å². The number of nitrogens with one attached hydrogen (secondary N) is 1. The largest absolute Gasteiger partial charge is 0.341 e. The molecule has 9 nitrogen and oxygen atoms in total. The van der Waals surface area contributed by atoms with Crippen molar-refractivity contribution in [3.8, 4) is 0 Å². The Balaban J connectivity index is 2.06. The van der Waals surface area contributed by atoms with Crippen LogP contribution in [0.4, 0.5) is 4.79 Å². The number of imide groups is 1. The molecule has 2 rings (SSSR count). The summed E-state index contributed by atoms with van der Waals surface area (Å²) in [7, 11) is 0. The second-order valence-electron chi connectivity index (χ2n) is 5.78. The van der Waals surface area contributed by atoms with E-state index in [1.807, 2.05) is 13.8 Å². The minimum absolute atomic E-state index is 0.127. The van der Waals surface area contributed by atoms with E-state index < -0.39 is 18.0 Å². The zero-order valence-corrected chi connectivity index (χ0v) is 13.4. The molecule has 0 bridgehead atoms. The van der Waals surface area contributed by atoms with E-state index in [0.717, 1.165) is 4.90 Å². The summed E-state index contributed by atoms with van der Waals surface area (Å²) in [6.07, 6.45) is 0.409. The van der Waals surface area contributed by atoms with Gasteiger partial charge in [-0.25, -0.2) is 4.79 Å². The lowest BCUT2D eigenvalue weighted by Crippen LogP contribution is -2.50. The molecule has 2 heterocycles. The maximum absolute atomic E-state index is 12.6. The lowest BCUT2D eigenvalue weighted by Gasteiger charge is -2.29. The summed E-state index contributed by atoms with van der Waals surface area (Å²) >= 11 is 0. The van der Waals surface area contributed by atoms with Gasteiger partial charge in [-0.15, -0.1) is 0 Å². The fourth-order valence-corrected chi connectivity index (χ4v) is 2.99. The first-order chi connectivity index (χ1) is 10.9. The first kappa shape index (κ1) is 17.2. The molecule has 5 amide bonds. The van der Waals surface area contributed by atoms with E-state index in [1.54, 1.807) is 4.90 Å². The summed E-state index contributed by atoms with van der Waals surface area (Å²) in [5, 5.41) is 2.12. The van der Waals surface area contributed by atoms with Gasteiger partial charge < -0.3 is 20.4 Å². The van der Waals surface area contributed by atoms with Crippen LogP contribution in [0.1, 0.15) is 20.3 Å². The van der Waals surface area contributed by atoms with Crippen molar-refractivity contribution in [1.29, 1.82) is 0 Å². The van der Waals surface area contributed by atoms with Gasteiger partial charge in [0.05, 0.1) is 0 Å². The SMILES string of the molecule is CCN(CC)C(=O)[C@@H]1C[C@@H](N)CN1C(=O)CN1CC(=O)NC1=O. The number of nitrogens with zero attached hydrogens (tertiary/aromatic N) is 3. The Morgan fingerprint density at radius 1 is 1.30 bits per heavy atom. The Hall–Kier alpha value is -2.16. The number of rotatable bonds is 5. The second-order valence-corrected chi connectivity index (χ2v) is 5.78. The number of carbonyl (C=O) groups excluding carboxylic acids is 4. The maximum atomic E-state index is 12.6. The van der Waals surface area contributed by atoms with Crippen molar-refractivity contribution >= 4 is 23.8 Å². The van der Waals surface area contributed by atoms with Crippen LogP contribution in [0.25, 0.3) is 0 Å². The highest BCUT2D eigenvalue weighted by Crippen LogP contribution is 2.19. The van der Waals surface area contributed by atoms with Crippen LogP contribution in [-0.4, -0.2) is 83.3 Å². The summed E-state index contributed by atoms with van der Waals surface area (Å²) in [6, 6.07) is -1.45. The van der Waals surface area contributed by atoms with Crippen molar-refractivity contribution in [3.63, 3.8) is 0 Å². The summed E-state index contributed by atoms with van der Waals surface area (Å²) in [6.45, 7) is 4.79. The van der Waals surface area contributed by atoms with Gasteiger partial charge in [-0.2, -0.15) is 0 Å². The number of urea groups is 1. The fourth-order valence-electron chi connectivity index (χ4n) is 2.99. The summed E-state index contributed by atoms with van der Waals surface area (Å²) in [5.41, 5.74) is 5.92. The Kier molecular flexibility index (Phi) is 5.19. The highest BCUT2D eigenvalue weighted by atomic mass is 16.2.